The Morgan fingerprint density at radius 1 is 1.03 bits per heavy atom. The van der Waals surface area contributed by atoms with Crippen LogP contribution >= 0.6 is 0 Å². The fourth-order valence-electron chi connectivity index (χ4n) is 2.75. The first kappa shape index (κ1) is 19.4. The number of benzene rings is 2. The van der Waals surface area contributed by atoms with Gasteiger partial charge in [-0.05, 0) is 24.1 Å². The minimum absolute atomic E-state index is 0.127. The second-order valence-electron chi connectivity index (χ2n) is 6.73. The standard InChI is InChI=1S/C21H20N6O3/c1-3-15-6-10-16(11-7-15)20-22-18(30-25-20)13-29-19(28)12-27-24-21(23-26-27)17-8-4-14(2)5-9-17/h4-11H,3,12-13H2,1-2H3. The van der Waals surface area contributed by atoms with Crippen molar-refractivity contribution >= 4 is 5.97 Å². The van der Waals surface area contributed by atoms with Crippen LogP contribution in [0.4, 0.5) is 0 Å². The van der Waals surface area contributed by atoms with E-state index in [1.165, 1.54) is 10.4 Å². The maximum Gasteiger partial charge on any atom is 0.330 e. The number of tetrazole rings is 1. The molecule has 0 saturated heterocycles. The number of nitrogens with zero attached hydrogens (tertiary/aromatic N) is 6. The molecular formula is C21H20N6O3. The van der Waals surface area contributed by atoms with E-state index < -0.39 is 5.97 Å². The number of carbonyl (C=O) groups excluding carboxylic acids is 1. The molecule has 2 aromatic carbocycles. The van der Waals surface area contributed by atoms with Gasteiger partial charge in [0.15, 0.2) is 13.2 Å². The van der Waals surface area contributed by atoms with E-state index in [9.17, 15) is 4.79 Å². The molecule has 0 aliphatic carbocycles. The van der Waals surface area contributed by atoms with Crippen LogP contribution in [-0.4, -0.2) is 36.3 Å². The van der Waals surface area contributed by atoms with E-state index in [1.54, 1.807) is 0 Å². The first-order chi connectivity index (χ1) is 14.6. The normalized spacial score (nSPS) is 10.9. The topological polar surface area (TPSA) is 109 Å². The number of ether oxygens (including phenoxy) is 1. The van der Waals surface area contributed by atoms with Crippen molar-refractivity contribution in [3.8, 4) is 22.8 Å². The van der Waals surface area contributed by atoms with Gasteiger partial charge in [-0.25, -0.2) is 4.79 Å². The molecule has 0 atom stereocenters. The molecule has 0 unspecified atom stereocenters. The Bertz CT molecular complexity index is 1130. The Kier molecular flexibility index (Phi) is 5.60. The summed E-state index contributed by atoms with van der Waals surface area (Å²) in [4.78, 5) is 17.5. The number of hydrogen-bond acceptors (Lipinski definition) is 8. The van der Waals surface area contributed by atoms with Crippen LogP contribution in [0, 0.1) is 6.92 Å². The summed E-state index contributed by atoms with van der Waals surface area (Å²) in [6.45, 7) is 3.79. The highest BCUT2D eigenvalue weighted by Gasteiger charge is 2.13. The van der Waals surface area contributed by atoms with Crippen LogP contribution in [0.3, 0.4) is 0 Å². The average Bonchev–Trinajstić information content (AvgIpc) is 3.43. The SMILES string of the molecule is CCc1ccc(-c2noc(COC(=O)Cn3nnc(-c4ccc(C)cc4)n3)n2)cc1. The average molecular weight is 404 g/mol. The summed E-state index contributed by atoms with van der Waals surface area (Å²) in [6, 6.07) is 15.6. The van der Waals surface area contributed by atoms with Crippen LogP contribution in [0.2, 0.25) is 0 Å². The van der Waals surface area contributed by atoms with Crippen LogP contribution < -0.4 is 0 Å². The molecule has 0 saturated carbocycles. The van der Waals surface area contributed by atoms with Crippen molar-refractivity contribution in [2.45, 2.75) is 33.4 Å². The van der Waals surface area contributed by atoms with E-state index in [1.807, 2.05) is 55.5 Å². The van der Waals surface area contributed by atoms with Gasteiger partial charge < -0.3 is 9.26 Å². The zero-order valence-electron chi connectivity index (χ0n) is 16.6. The Labute approximate surface area is 172 Å². The predicted molar refractivity (Wildman–Crippen MR) is 107 cm³/mol. The molecular weight excluding hydrogens is 384 g/mol. The monoisotopic (exact) mass is 404 g/mol. The lowest BCUT2D eigenvalue weighted by atomic mass is 10.1. The molecule has 0 amide bonds. The fourth-order valence-corrected chi connectivity index (χ4v) is 2.75. The molecule has 2 heterocycles. The van der Waals surface area contributed by atoms with E-state index in [0.717, 1.165) is 23.1 Å². The van der Waals surface area contributed by atoms with E-state index in [4.69, 9.17) is 9.26 Å². The lowest BCUT2D eigenvalue weighted by molar-refractivity contribution is -0.147. The van der Waals surface area contributed by atoms with Gasteiger partial charge >= 0.3 is 5.97 Å². The molecule has 0 fully saturated rings. The van der Waals surface area contributed by atoms with E-state index in [-0.39, 0.29) is 19.0 Å². The molecule has 0 aliphatic heterocycles. The van der Waals surface area contributed by atoms with Crippen molar-refractivity contribution in [1.82, 2.24) is 30.3 Å². The molecule has 4 rings (SSSR count). The third-order valence-electron chi connectivity index (χ3n) is 4.48. The summed E-state index contributed by atoms with van der Waals surface area (Å²) >= 11 is 0. The lowest BCUT2D eigenvalue weighted by Crippen LogP contribution is -2.15. The summed E-state index contributed by atoms with van der Waals surface area (Å²) in [5.41, 5.74) is 4.02. The van der Waals surface area contributed by atoms with Crippen LogP contribution in [-0.2, 0) is 29.1 Å². The Morgan fingerprint density at radius 3 is 2.47 bits per heavy atom. The summed E-state index contributed by atoms with van der Waals surface area (Å²) < 4.78 is 10.3. The van der Waals surface area contributed by atoms with Gasteiger partial charge in [-0.15, -0.1) is 10.2 Å². The lowest BCUT2D eigenvalue weighted by Gasteiger charge is -2.00. The van der Waals surface area contributed by atoms with Crippen LogP contribution in [0.15, 0.2) is 53.1 Å². The zero-order valence-corrected chi connectivity index (χ0v) is 16.6. The number of rotatable bonds is 7. The summed E-state index contributed by atoms with van der Waals surface area (Å²) in [5, 5.41) is 16.0. The van der Waals surface area contributed by atoms with Gasteiger partial charge in [0.25, 0.3) is 5.89 Å². The largest absolute Gasteiger partial charge is 0.454 e. The van der Waals surface area contributed by atoms with Crippen molar-refractivity contribution in [2.75, 3.05) is 0 Å². The third kappa shape index (κ3) is 4.57. The summed E-state index contributed by atoms with van der Waals surface area (Å²) in [7, 11) is 0. The zero-order chi connectivity index (χ0) is 20.9. The fraction of sp³-hybridized carbons (Fsp3) is 0.238. The number of hydrogen-bond donors (Lipinski definition) is 0. The second kappa shape index (κ2) is 8.64. The van der Waals surface area contributed by atoms with Gasteiger partial charge in [0, 0.05) is 11.1 Å². The number of aryl methyl sites for hydroxylation is 2. The highest BCUT2D eigenvalue weighted by atomic mass is 16.6. The van der Waals surface area contributed by atoms with Gasteiger partial charge in [-0.1, -0.05) is 66.2 Å². The van der Waals surface area contributed by atoms with E-state index >= 15 is 0 Å². The molecule has 9 heteroatoms. The number of esters is 1. The molecule has 0 spiro atoms. The maximum absolute atomic E-state index is 12.1. The van der Waals surface area contributed by atoms with Gasteiger partial charge in [0.05, 0.1) is 0 Å². The van der Waals surface area contributed by atoms with Crippen molar-refractivity contribution in [3.63, 3.8) is 0 Å². The Morgan fingerprint density at radius 2 is 1.73 bits per heavy atom. The Balaban J connectivity index is 1.32. The van der Waals surface area contributed by atoms with Gasteiger partial charge in [-0.2, -0.15) is 9.78 Å². The van der Waals surface area contributed by atoms with Crippen molar-refractivity contribution in [1.29, 1.82) is 0 Å². The third-order valence-corrected chi connectivity index (χ3v) is 4.48. The van der Waals surface area contributed by atoms with Crippen molar-refractivity contribution in [2.24, 2.45) is 0 Å². The minimum Gasteiger partial charge on any atom is -0.454 e. The summed E-state index contributed by atoms with van der Waals surface area (Å²) in [6.07, 6.45) is 0.959. The molecule has 152 valence electrons. The van der Waals surface area contributed by atoms with Crippen molar-refractivity contribution in [3.05, 3.63) is 65.5 Å². The first-order valence-corrected chi connectivity index (χ1v) is 9.53. The molecule has 0 radical (unpaired) electrons. The molecule has 0 aliphatic rings. The van der Waals surface area contributed by atoms with Gasteiger partial charge in [-0.3, -0.25) is 0 Å². The molecule has 4 aromatic rings. The van der Waals surface area contributed by atoms with Gasteiger partial charge in [0.1, 0.15) is 0 Å². The van der Waals surface area contributed by atoms with Crippen molar-refractivity contribution < 1.29 is 14.1 Å². The quantitative estimate of drug-likeness (QED) is 0.433. The van der Waals surface area contributed by atoms with Crippen LogP contribution in [0.5, 0.6) is 0 Å². The predicted octanol–water partition coefficient (Wildman–Crippen LogP) is 3.00. The number of aromatic nitrogens is 6. The summed E-state index contributed by atoms with van der Waals surface area (Å²) in [5.74, 6) is 0.572. The number of carbonyl (C=O) groups is 1. The first-order valence-electron chi connectivity index (χ1n) is 9.53. The molecule has 2 aromatic heterocycles. The highest BCUT2D eigenvalue weighted by molar-refractivity contribution is 5.69. The second-order valence-corrected chi connectivity index (χ2v) is 6.73. The van der Waals surface area contributed by atoms with Crippen LogP contribution in [0.1, 0.15) is 23.9 Å². The van der Waals surface area contributed by atoms with E-state index in [0.29, 0.717) is 11.6 Å². The van der Waals surface area contributed by atoms with Crippen LogP contribution in [0.25, 0.3) is 22.8 Å². The molecule has 0 bridgehead atoms. The highest BCUT2D eigenvalue weighted by Crippen LogP contribution is 2.17. The maximum atomic E-state index is 12.1. The molecule has 9 nitrogen and oxygen atoms in total. The minimum atomic E-state index is -0.532. The molecule has 0 N–H and O–H groups in total. The van der Waals surface area contributed by atoms with E-state index in [2.05, 4.69) is 32.5 Å². The van der Waals surface area contributed by atoms with Gasteiger partial charge in [0.2, 0.25) is 11.6 Å². The molecule has 30 heavy (non-hydrogen) atoms. The smallest absolute Gasteiger partial charge is 0.330 e. The Hall–Kier alpha value is -3.88.